The minimum absolute atomic E-state index is 0.0735. The van der Waals surface area contributed by atoms with Gasteiger partial charge < -0.3 is 24.4 Å². The number of hydrogen-bond donors (Lipinski definition) is 2. The molecule has 0 saturated carbocycles. The number of nitrogens with zero attached hydrogens (tertiary/aromatic N) is 1. The van der Waals surface area contributed by atoms with E-state index >= 15 is 0 Å². The highest BCUT2D eigenvalue weighted by molar-refractivity contribution is 7.98. The van der Waals surface area contributed by atoms with Crippen LogP contribution in [0.1, 0.15) is 26.3 Å². The van der Waals surface area contributed by atoms with Crippen molar-refractivity contribution in [3.63, 3.8) is 0 Å². The van der Waals surface area contributed by atoms with Crippen LogP contribution in [0, 0.1) is 0 Å². The highest BCUT2D eigenvalue weighted by Crippen LogP contribution is 2.29. The van der Waals surface area contributed by atoms with Crippen LogP contribution in [-0.2, 0) is 21.2 Å². The van der Waals surface area contributed by atoms with E-state index in [0.29, 0.717) is 61.2 Å². The molecule has 0 aliphatic carbocycles. The Morgan fingerprint density at radius 1 is 0.951 bits per heavy atom. The van der Waals surface area contributed by atoms with Gasteiger partial charge in [-0.1, -0.05) is 18.2 Å². The third-order valence-corrected chi connectivity index (χ3v) is 8.73. The summed E-state index contributed by atoms with van der Waals surface area (Å²) in [5.74, 6) is 0.535. The number of anilines is 1. The first-order valence-corrected chi connectivity index (χ1v) is 15.6. The van der Waals surface area contributed by atoms with Crippen molar-refractivity contribution in [3.05, 3.63) is 77.4 Å². The van der Waals surface area contributed by atoms with E-state index in [1.165, 1.54) is 30.0 Å². The Bertz CT molecular complexity index is 1510. The van der Waals surface area contributed by atoms with Gasteiger partial charge in [0.25, 0.3) is 21.8 Å². The van der Waals surface area contributed by atoms with Crippen molar-refractivity contribution in [2.75, 3.05) is 58.0 Å². The third-order valence-electron chi connectivity index (χ3n) is 6.57. The minimum atomic E-state index is -4.12. The largest absolute Gasteiger partial charge is 0.493 e. The Kier molecular flexibility index (Phi) is 10.1. The predicted molar refractivity (Wildman–Crippen MR) is 158 cm³/mol. The molecule has 0 bridgehead atoms. The van der Waals surface area contributed by atoms with Crippen LogP contribution in [0.3, 0.4) is 0 Å². The Morgan fingerprint density at radius 3 is 2.39 bits per heavy atom. The molecule has 1 heterocycles. The number of morpholine rings is 1. The van der Waals surface area contributed by atoms with Gasteiger partial charge >= 0.3 is 0 Å². The van der Waals surface area contributed by atoms with Crippen molar-refractivity contribution >= 4 is 39.3 Å². The molecule has 1 aliphatic heterocycles. The van der Waals surface area contributed by atoms with E-state index in [-0.39, 0.29) is 22.1 Å². The van der Waals surface area contributed by atoms with Crippen LogP contribution in [0.2, 0.25) is 0 Å². The lowest BCUT2D eigenvalue weighted by Crippen LogP contribution is -2.41. The van der Waals surface area contributed by atoms with Crippen molar-refractivity contribution in [1.29, 1.82) is 0 Å². The van der Waals surface area contributed by atoms with Gasteiger partial charge in [0.1, 0.15) is 0 Å². The smallest absolute Gasteiger partial charge is 0.261 e. The average Bonchev–Trinajstić information content (AvgIpc) is 3.00. The van der Waals surface area contributed by atoms with Crippen molar-refractivity contribution in [2.24, 2.45) is 0 Å². The number of nitrogens with one attached hydrogen (secondary N) is 2. The standard InChI is InChI=1S/C29H33N3O7S2/c1-37-25-10-8-20(18-26(25)38-2)12-13-30-28(33)22-6-4-5-7-24(22)31-41(35,36)21-9-11-27(40-3)23(19-21)29(34)32-14-16-39-17-15-32/h4-11,18-19,31H,12-17H2,1-3H3,(H,30,33). The predicted octanol–water partition coefficient (Wildman–Crippen LogP) is 3.67. The molecule has 2 amide bonds. The first kappa shape index (κ1) is 30.2. The number of benzene rings is 3. The van der Waals surface area contributed by atoms with Gasteiger partial charge in [0.2, 0.25) is 0 Å². The first-order valence-electron chi connectivity index (χ1n) is 12.9. The number of rotatable bonds is 11. The molecule has 0 aromatic heterocycles. The summed E-state index contributed by atoms with van der Waals surface area (Å²) >= 11 is 1.37. The topological polar surface area (TPSA) is 123 Å². The van der Waals surface area contributed by atoms with Gasteiger partial charge in [-0.15, -0.1) is 11.8 Å². The van der Waals surface area contributed by atoms with Gasteiger partial charge in [-0.05, 0) is 60.7 Å². The Hall–Kier alpha value is -3.74. The van der Waals surface area contributed by atoms with E-state index < -0.39 is 15.9 Å². The van der Waals surface area contributed by atoms with Crippen molar-refractivity contribution in [1.82, 2.24) is 10.2 Å². The SMILES string of the molecule is COc1ccc(CCNC(=O)c2ccccc2NS(=O)(=O)c2ccc(SC)c(C(=O)N3CCOCC3)c2)cc1OC. The first-order chi connectivity index (χ1) is 19.8. The molecule has 0 unspecified atom stereocenters. The van der Waals surface area contributed by atoms with E-state index in [4.69, 9.17) is 14.2 Å². The van der Waals surface area contributed by atoms with Crippen LogP contribution in [0.5, 0.6) is 11.5 Å². The Balaban J connectivity index is 1.49. The molecule has 0 spiro atoms. The maximum atomic E-state index is 13.4. The molecule has 10 nitrogen and oxygen atoms in total. The number of carbonyl (C=O) groups is 2. The number of hydrogen-bond acceptors (Lipinski definition) is 8. The van der Waals surface area contributed by atoms with Crippen LogP contribution >= 0.6 is 11.8 Å². The highest BCUT2D eigenvalue weighted by atomic mass is 32.2. The number of amides is 2. The van der Waals surface area contributed by atoms with Gasteiger partial charge in [-0.2, -0.15) is 0 Å². The number of thioether (sulfide) groups is 1. The van der Waals surface area contributed by atoms with E-state index in [9.17, 15) is 18.0 Å². The van der Waals surface area contributed by atoms with Gasteiger partial charge in [0.05, 0.1) is 49.1 Å². The lowest BCUT2D eigenvalue weighted by atomic mass is 10.1. The van der Waals surface area contributed by atoms with Crippen molar-refractivity contribution in [3.8, 4) is 11.5 Å². The second kappa shape index (κ2) is 13.7. The second-order valence-corrected chi connectivity index (χ2v) is 11.6. The fraction of sp³-hybridized carbons (Fsp3) is 0.310. The van der Waals surface area contributed by atoms with Crippen molar-refractivity contribution in [2.45, 2.75) is 16.2 Å². The maximum Gasteiger partial charge on any atom is 0.261 e. The molecule has 218 valence electrons. The molecule has 2 N–H and O–H groups in total. The normalized spacial score (nSPS) is 13.4. The number of ether oxygens (including phenoxy) is 3. The molecular weight excluding hydrogens is 566 g/mol. The van der Waals surface area contributed by atoms with Crippen LogP contribution in [0.4, 0.5) is 5.69 Å². The lowest BCUT2D eigenvalue weighted by molar-refractivity contribution is 0.0300. The van der Waals surface area contributed by atoms with Gasteiger partial charge in [-0.3, -0.25) is 14.3 Å². The summed E-state index contributed by atoms with van der Waals surface area (Å²) in [5, 5.41) is 2.85. The minimum Gasteiger partial charge on any atom is -0.493 e. The molecule has 1 fully saturated rings. The van der Waals surface area contributed by atoms with Gasteiger partial charge in [0, 0.05) is 24.5 Å². The molecule has 0 radical (unpaired) electrons. The van der Waals surface area contributed by atoms with E-state index in [1.807, 2.05) is 18.4 Å². The Morgan fingerprint density at radius 2 is 1.68 bits per heavy atom. The molecule has 4 rings (SSSR count). The highest BCUT2D eigenvalue weighted by Gasteiger charge is 2.25. The average molecular weight is 600 g/mol. The maximum absolute atomic E-state index is 13.4. The fourth-order valence-corrected chi connectivity index (χ4v) is 6.06. The van der Waals surface area contributed by atoms with Crippen LogP contribution in [0.15, 0.2) is 70.5 Å². The zero-order chi connectivity index (χ0) is 29.4. The lowest BCUT2D eigenvalue weighted by Gasteiger charge is -2.27. The Labute approximate surface area is 244 Å². The molecule has 3 aromatic carbocycles. The van der Waals surface area contributed by atoms with E-state index in [2.05, 4.69) is 10.0 Å². The van der Waals surface area contributed by atoms with E-state index in [0.717, 1.165) is 5.56 Å². The monoisotopic (exact) mass is 599 g/mol. The summed E-state index contributed by atoms with van der Waals surface area (Å²) in [6, 6.07) is 16.4. The number of methoxy groups -OCH3 is 2. The summed E-state index contributed by atoms with van der Waals surface area (Å²) in [5.41, 5.74) is 1.55. The molecular formula is C29H33N3O7S2. The van der Waals surface area contributed by atoms with Crippen LogP contribution in [0.25, 0.3) is 0 Å². The molecule has 1 saturated heterocycles. The summed E-state index contributed by atoms with van der Waals surface area (Å²) in [4.78, 5) is 28.5. The molecule has 12 heteroatoms. The molecule has 0 atom stereocenters. The van der Waals surface area contributed by atoms with Crippen LogP contribution < -0.4 is 19.5 Å². The van der Waals surface area contributed by atoms with Crippen LogP contribution in [-0.4, -0.2) is 78.5 Å². The number of para-hydroxylation sites is 1. The summed E-state index contributed by atoms with van der Waals surface area (Å²) in [6.07, 6.45) is 2.36. The number of sulfonamides is 1. The van der Waals surface area contributed by atoms with E-state index in [1.54, 1.807) is 49.5 Å². The van der Waals surface area contributed by atoms with Gasteiger partial charge in [-0.25, -0.2) is 8.42 Å². The quantitative estimate of drug-likeness (QED) is 0.320. The molecule has 1 aliphatic rings. The summed E-state index contributed by atoms with van der Waals surface area (Å²) < 4.78 is 45.3. The molecule has 41 heavy (non-hydrogen) atoms. The molecule has 3 aromatic rings. The van der Waals surface area contributed by atoms with Gasteiger partial charge in [0.15, 0.2) is 11.5 Å². The van der Waals surface area contributed by atoms with Crippen molar-refractivity contribution < 1.29 is 32.2 Å². The number of carbonyl (C=O) groups excluding carboxylic acids is 2. The zero-order valence-electron chi connectivity index (χ0n) is 23.1. The fourth-order valence-electron chi connectivity index (χ4n) is 4.38. The third kappa shape index (κ3) is 7.32. The summed E-state index contributed by atoms with van der Waals surface area (Å²) in [6.45, 7) is 2.07. The summed E-state index contributed by atoms with van der Waals surface area (Å²) in [7, 11) is -1.00. The second-order valence-electron chi connectivity index (χ2n) is 9.11. The zero-order valence-corrected chi connectivity index (χ0v) is 24.8.